The summed E-state index contributed by atoms with van der Waals surface area (Å²) in [5.74, 6) is 0. The molecule has 0 spiro atoms. The molecule has 0 atom stereocenters. The Bertz CT molecular complexity index is 477. The van der Waals surface area contributed by atoms with E-state index in [4.69, 9.17) is 34.8 Å². The summed E-state index contributed by atoms with van der Waals surface area (Å²) in [5.41, 5.74) is 1.79. The first-order valence-electron chi connectivity index (χ1n) is 4.56. The van der Waals surface area contributed by atoms with E-state index in [-0.39, 0.29) is 0 Å². The van der Waals surface area contributed by atoms with Crippen molar-refractivity contribution in [1.82, 2.24) is 9.97 Å². The molecule has 82 valence electrons. The maximum absolute atomic E-state index is 5.95. The van der Waals surface area contributed by atoms with Gasteiger partial charge in [-0.25, -0.2) is 9.97 Å². The van der Waals surface area contributed by atoms with Crippen molar-refractivity contribution in [3.05, 3.63) is 57.0 Å². The third-order valence-electron chi connectivity index (χ3n) is 2.13. The standard InChI is InChI=1S/C11H7Cl3N2/c12-8-3-1-7(2-4-8)5-9-10(13)15-6-16-11(9)14/h1-4,6H,5H2. The molecule has 0 bridgehead atoms. The van der Waals surface area contributed by atoms with E-state index in [1.807, 2.05) is 24.3 Å². The molecule has 5 heteroatoms. The number of hydrogen-bond acceptors (Lipinski definition) is 2. The lowest BCUT2D eigenvalue weighted by atomic mass is 10.1. The molecular weight excluding hydrogens is 266 g/mol. The van der Waals surface area contributed by atoms with Gasteiger partial charge in [-0.1, -0.05) is 46.9 Å². The number of halogens is 3. The van der Waals surface area contributed by atoms with Crippen LogP contribution in [0.15, 0.2) is 30.6 Å². The minimum Gasteiger partial charge on any atom is -0.224 e. The van der Waals surface area contributed by atoms with Gasteiger partial charge in [-0.2, -0.15) is 0 Å². The average molecular weight is 274 g/mol. The second-order valence-corrected chi connectivity index (χ2v) is 4.39. The predicted molar refractivity (Wildman–Crippen MR) is 66.3 cm³/mol. The number of nitrogens with zero attached hydrogens (tertiary/aromatic N) is 2. The maximum atomic E-state index is 5.95. The van der Waals surface area contributed by atoms with Crippen LogP contribution in [0.25, 0.3) is 0 Å². The van der Waals surface area contributed by atoms with Crippen molar-refractivity contribution in [3.63, 3.8) is 0 Å². The number of hydrogen-bond donors (Lipinski definition) is 0. The number of benzene rings is 1. The molecule has 2 rings (SSSR count). The molecule has 1 heterocycles. The molecule has 0 saturated carbocycles. The van der Waals surface area contributed by atoms with Crippen LogP contribution >= 0.6 is 34.8 Å². The summed E-state index contributed by atoms with van der Waals surface area (Å²) in [6.45, 7) is 0. The largest absolute Gasteiger partial charge is 0.224 e. The van der Waals surface area contributed by atoms with Crippen molar-refractivity contribution in [2.75, 3.05) is 0 Å². The van der Waals surface area contributed by atoms with Gasteiger partial charge in [0.1, 0.15) is 16.6 Å². The van der Waals surface area contributed by atoms with E-state index in [9.17, 15) is 0 Å². The summed E-state index contributed by atoms with van der Waals surface area (Å²) < 4.78 is 0. The van der Waals surface area contributed by atoms with Gasteiger partial charge in [0, 0.05) is 17.0 Å². The SMILES string of the molecule is Clc1ccc(Cc2c(Cl)ncnc2Cl)cc1. The molecule has 0 fully saturated rings. The van der Waals surface area contributed by atoms with Crippen molar-refractivity contribution in [2.24, 2.45) is 0 Å². The Labute approximate surface area is 108 Å². The van der Waals surface area contributed by atoms with Crippen LogP contribution in [0, 0.1) is 0 Å². The second kappa shape index (κ2) is 5.00. The van der Waals surface area contributed by atoms with Crippen LogP contribution in [0.4, 0.5) is 0 Å². The fraction of sp³-hybridized carbons (Fsp3) is 0.0909. The molecule has 0 unspecified atom stereocenters. The van der Waals surface area contributed by atoms with E-state index >= 15 is 0 Å². The Kier molecular flexibility index (Phi) is 3.64. The number of aromatic nitrogens is 2. The van der Waals surface area contributed by atoms with Crippen molar-refractivity contribution >= 4 is 34.8 Å². The molecule has 2 nitrogen and oxygen atoms in total. The zero-order valence-corrected chi connectivity index (χ0v) is 10.4. The van der Waals surface area contributed by atoms with Crippen molar-refractivity contribution in [2.45, 2.75) is 6.42 Å². The fourth-order valence-electron chi connectivity index (χ4n) is 1.32. The van der Waals surface area contributed by atoms with Crippen LogP contribution in [0.1, 0.15) is 11.1 Å². The minimum atomic E-state index is 0.384. The van der Waals surface area contributed by atoms with Gasteiger partial charge in [-0.3, -0.25) is 0 Å². The van der Waals surface area contributed by atoms with Gasteiger partial charge < -0.3 is 0 Å². The molecular formula is C11H7Cl3N2. The highest BCUT2D eigenvalue weighted by Crippen LogP contribution is 2.23. The van der Waals surface area contributed by atoms with Crippen LogP contribution in [0.2, 0.25) is 15.3 Å². The second-order valence-electron chi connectivity index (χ2n) is 3.24. The van der Waals surface area contributed by atoms with Gasteiger partial charge in [0.15, 0.2) is 0 Å². The van der Waals surface area contributed by atoms with Gasteiger partial charge in [-0.05, 0) is 17.7 Å². The zero-order valence-electron chi connectivity index (χ0n) is 8.12. The molecule has 0 aliphatic rings. The maximum Gasteiger partial charge on any atom is 0.137 e. The third-order valence-corrected chi connectivity index (χ3v) is 3.04. The summed E-state index contributed by atoms with van der Waals surface area (Å²) in [6.07, 6.45) is 1.94. The van der Waals surface area contributed by atoms with Crippen LogP contribution in [-0.4, -0.2) is 9.97 Å². The quantitative estimate of drug-likeness (QED) is 0.772. The monoisotopic (exact) mass is 272 g/mol. The van der Waals surface area contributed by atoms with Crippen LogP contribution < -0.4 is 0 Å². The molecule has 1 aromatic heterocycles. The Morgan fingerprint density at radius 1 is 0.875 bits per heavy atom. The first kappa shape index (κ1) is 11.6. The molecule has 16 heavy (non-hydrogen) atoms. The van der Waals surface area contributed by atoms with Crippen LogP contribution in [0.3, 0.4) is 0 Å². The Morgan fingerprint density at radius 3 is 2.00 bits per heavy atom. The van der Waals surface area contributed by atoms with E-state index in [1.54, 1.807) is 0 Å². The zero-order chi connectivity index (χ0) is 11.5. The van der Waals surface area contributed by atoms with Crippen molar-refractivity contribution in [1.29, 1.82) is 0 Å². The smallest absolute Gasteiger partial charge is 0.137 e. The van der Waals surface area contributed by atoms with Crippen LogP contribution in [0.5, 0.6) is 0 Å². The fourth-order valence-corrected chi connectivity index (χ4v) is 1.90. The first-order valence-corrected chi connectivity index (χ1v) is 5.69. The van der Waals surface area contributed by atoms with Crippen LogP contribution in [-0.2, 0) is 6.42 Å². The van der Waals surface area contributed by atoms with Gasteiger partial charge in [0.2, 0.25) is 0 Å². The van der Waals surface area contributed by atoms with Gasteiger partial charge in [-0.15, -0.1) is 0 Å². The number of rotatable bonds is 2. The highest BCUT2D eigenvalue weighted by molar-refractivity contribution is 6.34. The lowest BCUT2D eigenvalue weighted by Crippen LogP contribution is -1.94. The lowest BCUT2D eigenvalue weighted by molar-refractivity contribution is 1.07. The van der Waals surface area contributed by atoms with E-state index in [0.29, 0.717) is 21.7 Å². The first-order chi connectivity index (χ1) is 7.66. The van der Waals surface area contributed by atoms with E-state index in [1.165, 1.54) is 6.33 Å². The molecule has 1 aromatic carbocycles. The van der Waals surface area contributed by atoms with E-state index in [2.05, 4.69) is 9.97 Å². The van der Waals surface area contributed by atoms with Gasteiger partial charge in [0.05, 0.1) is 0 Å². The summed E-state index contributed by atoms with van der Waals surface area (Å²) in [6, 6.07) is 7.48. The normalized spacial score (nSPS) is 10.4. The van der Waals surface area contributed by atoms with E-state index < -0.39 is 0 Å². The average Bonchev–Trinajstić information content (AvgIpc) is 2.26. The van der Waals surface area contributed by atoms with Crippen molar-refractivity contribution in [3.8, 4) is 0 Å². The molecule has 2 aromatic rings. The molecule has 0 radical (unpaired) electrons. The highest BCUT2D eigenvalue weighted by atomic mass is 35.5. The van der Waals surface area contributed by atoms with Crippen molar-refractivity contribution < 1.29 is 0 Å². The Morgan fingerprint density at radius 2 is 1.44 bits per heavy atom. The molecule has 0 saturated heterocycles. The molecule has 0 aliphatic heterocycles. The minimum absolute atomic E-state index is 0.384. The molecule has 0 amide bonds. The molecule has 0 aliphatic carbocycles. The Balaban J connectivity index is 2.30. The lowest BCUT2D eigenvalue weighted by Gasteiger charge is -2.05. The summed E-state index contributed by atoms with van der Waals surface area (Å²) >= 11 is 17.7. The summed E-state index contributed by atoms with van der Waals surface area (Å²) in [5, 5.41) is 1.47. The highest BCUT2D eigenvalue weighted by Gasteiger charge is 2.08. The van der Waals surface area contributed by atoms with E-state index in [0.717, 1.165) is 11.1 Å². The summed E-state index contributed by atoms with van der Waals surface area (Å²) in [4.78, 5) is 7.79. The molecule has 0 N–H and O–H groups in total. The summed E-state index contributed by atoms with van der Waals surface area (Å²) in [7, 11) is 0. The predicted octanol–water partition coefficient (Wildman–Crippen LogP) is 4.03. The van der Waals surface area contributed by atoms with Gasteiger partial charge in [0.25, 0.3) is 0 Å². The Hall–Kier alpha value is -0.830. The third kappa shape index (κ3) is 2.64. The topological polar surface area (TPSA) is 25.8 Å². The van der Waals surface area contributed by atoms with Gasteiger partial charge >= 0.3 is 0 Å².